The number of aromatic nitrogens is 1. The summed E-state index contributed by atoms with van der Waals surface area (Å²) >= 11 is 8.77. The molecule has 2 aromatic rings. The third-order valence-electron chi connectivity index (χ3n) is 2.78. The molecule has 1 aliphatic rings. The molecule has 0 unspecified atom stereocenters. The first-order chi connectivity index (χ1) is 9.22. The number of nitrogens with one attached hydrogen (secondary N) is 1. The van der Waals surface area contributed by atoms with Crippen LogP contribution in [0.2, 0.25) is 4.34 Å². The molecule has 2 aromatic heterocycles. The van der Waals surface area contributed by atoms with Crippen molar-refractivity contribution < 1.29 is 9.53 Å². The molecule has 19 heavy (non-hydrogen) atoms. The standard InChI is InChI=1S/C12H11ClN2O2S2/c13-10-4-3-9(19-10)7-6-18-12(14-7)15-11(16)8-2-1-5-17-8/h3-4,6,8H,1-2,5H2,(H,14,15,16)/t8-/m1/s1. The predicted octanol–water partition coefficient (Wildman–Crippen LogP) is 3.64. The van der Waals surface area contributed by atoms with Gasteiger partial charge in [0.15, 0.2) is 5.13 Å². The summed E-state index contributed by atoms with van der Waals surface area (Å²) < 4.78 is 6.06. The zero-order valence-electron chi connectivity index (χ0n) is 9.89. The fourth-order valence-electron chi connectivity index (χ4n) is 1.87. The summed E-state index contributed by atoms with van der Waals surface area (Å²) in [4.78, 5) is 17.3. The van der Waals surface area contributed by atoms with Gasteiger partial charge in [0, 0.05) is 12.0 Å². The number of halogens is 1. The highest BCUT2D eigenvalue weighted by Crippen LogP contribution is 2.32. The molecule has 4 nitrogen and oxygen atoms in total. The molecular weight excluding hydrogens is 304 g/mol. The highest BCUT2D eigenvalue weighted by atomic mass is 35.5. The zero-order chi connectivity index (χ0) is 13.2. The van der Waals surface area contributed by atoms with Crippen LogP contribution >= 0.6 is 34.3 Å². The van der Waals surface area contributed by atoms with E-state index < -0.39 is 0 Å². The summed E-state index contributed by atoms with van der Waals surface area (Å²) in [5, 5.41) is 5.30. The first-order valence-electron chi connectivity index (χ1n) is 5.86. The second kappa shape index (κ2) is 5.58. The van der Waals surface area contributed by atoms with Crippen molar-refractivity contribution in [3.63, 3.8) is 0 Å². The van der Waals surface area contributed by atoms with Crippen molar-refractivity contribution >= 4 is 45.3 Å². The monoisotopic (exact) mass is 314 g/mol. The number of nitrogens with zero attached hydrogens (tertiary/aromatic N) is 1. The number of ether oxygens (including phenoxy) is 1. The summed E-state index contributed by atoms with van der Waals surface area (Å²) in [6.45, 7) is 0.662. The maximum atomic E-state index is 11.9. The number of thiophene rings is 1. The fraction of sp³-hybridized carbons (Fsp3) is 0.333. The maximum absolute atomic E-state index is 11.9. The lowest BCUT2D eigenvalue weighted by Gasteiger charge is -2.07. The zero-order valence-corrected chi connectivity index (χ0v) is 12.3. The highest BCUT2D eigenvalue weighted by Gasteiger charge is 2.24. The molecule has 7 heteroatoms. The van der Waals surface area contributed by atoms with Crippen LogP contribution in [0.3, 0.4) is 0 Å². The number of rotatable bonds is 3. The molecule has 3 heterocycles. The fourth-order valence-corrected chi connectivity index (χ4v) is 3.66. The van der Waals surface area contributed by atoms with Crippen molar-refractivity contribution in [1.29, 1.82) is 0 Å². The Labute approximate surface area is 123 Å². The smallest absolute Gasteiger partial charge is 0.255 e. The maximum Gasteiger partial charge on any atom is 0.255 e. The predicted molar refractivity (Wildman–Crippen MR) is 78.0 cm³/mol. The molecule has 1 atom stereocenters. The van der Waals surface area contributed by atoms with E-state index in [1.807, 2.05) is 17.5 Å². The molecule has 1 saturated heterocycles. The Balaban J connectivity index is 1.69. The van der Waals surface area contributed by atoms with Crippen molar-refractivity contribution in [2.45, 2.75) is 18.9 Å². The Morgan fingerprint density at radius 2 is 2.42 bits per heavy atom. The van der Waals surface area contributed by atoms with Gasteiger partial charge in [-0.3, -0.25) is 10.1 Å². The molecule has 1 N–H and O–H groups in total. The second-order valence-electron chi connectivity index (χ2n) is 4.13. The number of anilines is 1. The molecule has 0 radical (unpaired) electrons. The first-order valence-corrected chi connectivity index (χ1v) is 7.93. The summed E-state index contributed by atoms with van der Waals surface area (Å²) in [7, 11) is 0. The molecule has 0 aliphatic carbocycles. The molecule has 0 spiro atoms. The lowest BCUT2D eigenvalue weighted by molar-refractivity contribution is -0.124. The normalized spacial score (nSPS) is 18.7. The second-order valence-corrected chi connectivity index (χ2v) is 6.71. The first kappa shape index (κ1) is 13.1. The van der Waals surface area contributed by atoms with Crippen LogP contribution in [-0.2, 0) is 9.53 Å². The Morgan fingerprint density at radius 1 is 1.53 bits per heavy atom. The van der Waals surface area contributed by atoms with E-state index in [1.54, 1.807) is 0 Å². The Hall–Kier alpha value is -0.950. The van der Waals surface area contributed by atoms with Gasteiger partial charge in [0.25, 0.3) is 5.91 Å². The lowest BCUT2D eigenvalue weighted by Crippen LogP contribution is -2.26. The number of thiazole rings is 1. The number of hydrogen-bond acceptors (Lipinski definition) is 5. The molecule has 1 amide bonds. The molecule has 0 saturated carbocycles. The molecule has 1 aliphatic heterocycles. The number of carbonyl (C=O) groups is 1. The number of amides is 1. The minimum absolute atomic E-state index is 0.109. The lowest BCUT2D eigenvalue weighted by atomic mass is 10.2. The quantitative estimate of drug-likeness (QED) is 0.941. The largest absolute Gasteiger partial charge is 0.368 e. The minimum atomic E-state index is -0.330. The summed E-state index contributed by atoms with van der Waals surface area (Å²) in [5.41, 5.74) is 0.838. The summed E-state index contributed by atoms with van der Waals surface area (Å²) in [5.74, 6) is -0.109. The van der Waals surface area contributed by atoms with E-state index in [-0.39, 0.29) is 12.0 Å². The van der Waals surface area contributed by atoms with Crippen LogP contribution in [0.5, 0.6) is 0 Å². The van der Waals surface area contributed by atoms with Crippen molar-refractivity contribution in [2.24, 2.45) is 0 Å². The van der Waals surface area contributed by atoms with Gasteiger partial charge in [-0.1, -0.05) is 11.6 Å². The summed E-state index contributed by atoms with van der Waals surface area (Å²) in [6, 6.07) is 3.76. The van der Waals surface area contributed by atoms with Gasteiger partial charge >= 0.3 is 0 Å². The van der Waals surface area contributed by atoms with Crippen molar-refractivity contribution in [2.75, 3.05) is 11.9 Å². The van der Waals surface area contributed by atoms with Crippen LogP contribution in [0.15, 0.2) is 17.5 Å². The van der Waals surface area contributed by atoms with Gasteiger partial charge in [0.2, 0.25) is 0 Å². The molecule has 3 rings (SSSR count). The molecule has 1 fully saturated rings. The van der Waals surface area contributed by atoms with Crippen LogP contribution in [0.25, 0.3) is 10.6 Å². The van der Waals surface area contributed by atoms with Crippen LogP contribution < -0.4 is 5.32 Å². The van der Waals surface area contributed by atoms with E-state index in [4.69, 9.17) is 16.3 Å². The van der Waals surface area contributed by atoms with Gasteiger partial charge in [-0.15, -0.1) is 22.7 Å². The Morgan fingerprint density at radius 3 is 3.11 bits per heavy atom. The molecule has 0 bridgehead atoms. The number of hydrogen-bond donors (Lipinski definition) is 1. The van der Waals surface area contributed by atoms with Crippen molar-refractivity contribution in [3.8, 4) is 10.6 Å². The van der Waals surface area contributed by atoms with Gasteiger partial charge in [0.1, 0.15) is 6.10 Å². The average Bonchev–Trinajstić information content (AvgIpc) is 3.07. The van der Waals surface area contributed by atoms with Crippen molar-refractivity contribution in [1.82, 2.24) is 4.98 Å². The van der Waals surface area contributed by atoms with E-state index in [0.717, 1.165) is 27.7 Å². The van der Waals surface area contributed by atoms with Crippen LogP contribution in [0.4, 0.5) is 5.13 Å². The van der Waals surface area contributed by atoms with E-state index in [2.05, 4.69) is 10.3 Å². The van der Waals surface area contributed by atoms with E-state index in [1.165, 1.54) is 22.7 Å². The van der Waals surface area contributed by atoms with Gasteiger partial charge in [-0.2, -0.15) is 0 Å². The van der Waals surface area contributed by atoms with Crippen LogP contribution in [0.1, 0.15) is 12.8 Å². The topological polar surface area (TPSA) is 51.2 Å². The van der Waals surface area contributed by atoms with Crippen molar-refractivity contribution in [3.05, 3.63) is 21.8 Å². The average molecular weight is 315 g/mol. The third kappa shape index (κ3) is 2.97. The molecule has 100 valence electrons. The van der Waals surface area contributed by atoms with Crippen LogP contribution in [0, 0.1) is 0 Å². The summed E-state index contributed by atoms with van der Waals surface area (Å²) in [6.07, 6.45) is 1.39. The van der Waals surface area contributed by atoms with Gasteiger partial charge in [-0.25, -0.2) is 4.98 Å². The highest BCUT2D eigenvalue weighted by molar-refractivity contribution is 7.20. The van der Waals surface area contributed by atoms with Crippen LogP contribution in [-0.4, -0.2) is 23.6 Å². The van der Waals surface area contributed by atoms with E-state index in [0.29, 0.717) is 11.7 Å². The van der Waals surface area contributed by atoms with E-state index >= 15 is 0 Å². The minimum Gasteiger partial charge on any atom is -0.368 e. The van der Waals surface area contributed by atoms with Gasteiger partial charge in [-0.05, 0) is 25.0 Å². The number of carbonyl (C=O) groups excluding carboxylic acids is 1. The molecular formula is C12H11ClN2O2S2. The Kier molecular flexibility index (Phi) is 3.83. The van der Waals surface area contributed by atoms with Gasteiger partial charge in [0.05, 0.1) is 14.9 Å². The SMILES string of the molecule is O=C(Nc1nc(-c2ccc(Cl)s2)cs1)[C@H]1CCCO1. The third-order valence-corrected chi connectivity index (χ3v) is 4.79. The van der Waals surface area contributed by atoms with Gasteiger partial charge < -0.3 is 4.74 Å². The molecule has 0 aromatic carbocycles. The Bertz CT molecular complexity index is 590. The van der Waals surface area contributed by atoms with E-state index in [9.17, 15) is 4.79 Å².